The van der Waals surface area contributed by atoms with Crippen LogP contribution in [0.3, 0.4) is 0 Å². The summed E-state index contributed by atoms with van der Waals surface area (Å²) in [5, 5.41) is 7.08. The molecule has 1 aromatic heterocycles. The van der Waals surface area contributed by atoms with E-state index in [0.717, 1.165) is 36.9 Å². The maximum Gasteiger partial charge on any atom is 0.237 e. The third kappa shape index (κ3) is 5.98. The fourth-order valence-corrected chi connectivity index (χ4v) is 4.48. The van der Waals surface area contributed by atoms with Crippen molar-refractivity contribution in [2.24, 2.45) is 0 Å². The zero-order chi connectivity index (χ0) is 24.9. The first-order chi connectivity index (χ1) is 16.9. The SMILES string of the molecule is COc1cc2ncnc(Nc3ccc(F)c(Cl)c3)c2cc1CN1CCC[C@@H]1C(=O)NCCN(C)C. The topological polar surface area (TPSA) is 82.6 Å². The molecule has 35 heavy (non-hydrogen) atoms. The molecule has 10 heteroatoms. The Bertz CT molecular complexity index is 1210. The minimum absolute atomic E-state index is 0.0275. The van der Waals surface area contributed by atoms with Crippen LogP contribution in [0.15, 0.2) is 36.7 Å². The third-order valence-electron chi connectivity index (χ3n) is 6.12. The number of anilines is 2. The van der Waals surface area contributed by atoms with Crippen LogP contribution >= 0.6 is 11.6 Å². The van der Waals surface area contributed by atoms with Crippen molar-refractivity contribution in [3.8, 4) is 5.75 Å². The number of amides is 1. The van der Waals surface area contributed by atoms with Gasteiger partial charge >= 0.3 is 0 Å². The lowest BCUT2D eigenvalue weighted by Crippen LogP contribution is -2.44. The predicted octanol–water partition coefficient (Wildman–Crippen LogP) is 3.82. The Hall–Kier alpha value is -3.01. The second-order valence-corrected chi connectivity index (χ2v) is 9.29. The Morgan fingerprint density at radius 3 is 2.86 bits per heavy atom. The number of benzene rings is 2. The van der Waals surface area contributed by atoms with Crippen LogP contribution in [0.5, 0.6) is 5.75 Å². The number of rotatable bonds is 9. The van der Waals surface area contributed by atoms with E-state index in [1.165, 1.54) is 18.5 Å². The maximum atomic E-state index is 13.6. The number of fused-ring (bicyclic) bond motifs is 1. The van der Waals surface area contributed by atoms with E-state index >= 15 is 0 Å². The Morgan fingerprint density at radius 2 is 2.11 bits per heavy atom. The largest absolute Gasteiger partial charge is 0.496 e. The van der Waals surface area contributed by atoms with Crippen LogP contribution in [-0.4, -0.2) is 72.6 Å². The van der Waals surface area contributed by atoms with Gasteiger partial charge < -0.3 is 20.3 Å². The molecule has 8 nitrogen and oxygen atoms in total. The number of likely N-dealkylation sites (N-methyl/N-ethyl adjacent to an activating group) is 1. The number of aromatic nitrogens is 2. The van der Waals surface area contributed by atoms with Gasteiger partial charge in [-0.2, -0.15) is 0 Å². The first-order valence-corrected chi connectivity index (χ1v) is 11.9. The van der Waals surface area contributed by atoms with Gasteiger partial charge in [0.15, 0.2) is 0 Å². The van der Waals surface area contributed by atoms with Gasteiger partial charge in [0, 0.05) is 42.3 Å². The summed E-state index contributed by atoms with van der Waals surface area (Å²) in [6.07, 6.45) is 3.25. The third-order valence-corrected chi connectivity index (χ3v) is 6.41. The molecule has 4 rings (SSSR count). The molecule has 0 aliphatic carbocycles. The van der Waals surface area contributed by atoms with Crippen molar-refractivity contribution in [1.82, 2.24) is 25.1 Å². The zero-order valence-electron chi connectivity index (χ0n) is 20.1. The lowest BCUT2D eigenvalue weighted by molar-refractivity contribution is -0.125. The predicted molar refractivity (Wildman–Crippen MR) is 136 cm³/mol. The molecule has 186 valence electrons. The number of carbonyl (C=O) groups excluding carboxylic acids is 1. The molecule has 0 unspecified atom stereocenters. The molecule has 2 N–H and O–H groups in total. The normalized spacial score (nSPS) is 16.1. The number of halogens is 2. The van der Waals surface area contributed by atoms with Crippen molar-refractivity contribution in [3.63, 3.8) is 0 Å². The number of methoxy groups -OCH3 is 1. The minimum atomic E-state index is -0.484. The molecular formula is C25H30ClFN6O2. The van der Waals surface area contributed by atoms with E-state index in [2.05, 4.69) is 25.5 Å². The van der Waals surface area contributed by atoms with Crippen LogP contribution in [0, 0.1) is 5.82 Å². The van der Waals surface area contributed by atoms with Crippen molar-refractivity contribution in [2.75, 3.05) is 46.2 Å². The highest BCUT2D eigenvalue weighted by Crippen LogP contribution is 2.32. The number of nitrogens with zero attached hydrogens (tertiary/aromatic N) is 4. The summed E-state index contributed by atoms with van der Waals surface area (Å²) >= 11 is 5.94. The quantitative estimate of drug-likeness (QED) is 0.462. The summed E-state index contributed by atoms with van der Waals surface area (Å²) in [7, 11) is 5.59. The standard InChI is InChI=1S/C25H30ClFN6O2/c1-32(2)10-8-28-25(34)22-5-4-9-33(22)14-16-11-18-21(13-23(16)35-3)29-15-30-24(18)31-17-6-7-20(27)19(26)12-17/h6-7,11-13,15,22H,4-5,8-10,14H2,1-3H3,(H,28,34)(H,29,30,31)/t22-/m1/s1. The van der Waals surface area contributed by atoms with E-state index in [4.69, 9.17) is 16.3 Å². The Morgan fingerprint density at radius 1 is 1.29 bits per heavy atom. The highest BCUT2D eigenvalue weighted by Gasteiger charge is 2.31. The van der Waals surface area contributed by atoms with Crippen molar-refractivity contribution in [1.29, 1.82) is 0 Å². The van der Waals surface area contributed by atoms with E-state index in [-0.39, 0.29) is 17.0 Å². The number of nitrogens with one attached hydrogen (secondary N) is 2. The highest BCUT2D eigenvalue weighted by atomic mass is 35.5. The molecule has 2 heterocycles. The van der Waals surface area contributed by atoms with Crippen LogP contribution in [-0.2, 0) is 11.3 Å². The molecule has 1 fully saturated rings. The first-order valence-electron chi connectivity index (χ1n) is 11.6. The lowest BCUT2D eigenvalue weighted by Gasteiger charge is -2.25. The molecule has 3 aromatic rings. The fraction of sp³-hybridized carbons (Fsp3) is 0.400. The molecule has 0 spiro atoms. The number of likely N-dealkylation sites (tertiary alicyclic amines) is 1. The van der Waals surface area contributed by atoms with Crippen molar-refractivity contribution < 1.29 is 13.9 Å². The molecular weight excluding hydrogens is 471 g/mol. The van der Waals surface area contributed by atoms with Gasteiger partial charge in [-0.05, 0) is 57.7 Å². The fourth-order valence-electron chi connectivity index (χ4n) is 4.30. The summed E-state index contributed by atoms with van der Waals surface area (Å²) in [5.41, 5.74) is 2.25. The van der Waals surface area contributed by atoms with Gasteiger partial charge in [0.1, 0.15) is 23.7 Å². The Labute approximate surface area is 209 Å². The van der Waals surface area contributed by atoms with Crippen molar-refractivity contribution >= 4 is 39.9 Å². The molecule has 1 atom stereocenters. The molecule has 2 aromatic carbocycles. The number of hydrogen-bond acceptors (Lipinski definition) is 7. The van der Waals surface area contributed by atoms with Gasteiger partial charge in [0.05, 0.1) is 23.7 Å². The van der Waals surface area contributed by atoms with E-state index < -0.39 is 5.82 Å². The van der Waals surface area contributed by atoms with E-state index in [1.54, 1.807) is 13.2 Å². The lowest BCUT2D eigenvalue weighted by atomic mass is 10.1. The number of ether oxygens (including phenoxy) is 1. The van der Waals surface area contributed by atoms with Crippen LogP contribution < -0.4 is 15.4 Å². The van der Waals surface area contributed by atoms with Crippen molar-refractivity contribution in [3.05, 3.63) is 53.1 Å². The van der Waals surface area contributed by atoms with Crippen LogP contribution in [0.25, 0.3) is 10.9 Å². The molecule has 0 saturated carbocycles. The molecule has 1 aliphatic heterocycles. The van der Waals surface area contributed by atoms with Gasteiger partial charge in [-0.1, -0.05) is 11.6 Å². The molecule has 0 radical (unpaired) electrons. The van der Waals surface area contributed by atoms with E-state index in [1.807, 2.05) is 31.1 Å². The van der Waals surface area contributed by atoms with Gasteiger partial charge in [-0.25, -0.2) is 14.4 Å². The summed E-state index contributed by atoms with van der Waals surface area (Å²) < 4.78 is 19.2. The van der Waals surface area contributed by atoms with E-state index in [9.17, 15) is 9.18 Å². The summed E-state index contributed by atoms with van der Waals surface area (Å²) in [6.45, 7) is 2.81. The molecule has 1 aliphatic rings. The number of carbonyl (C=O) groups is 1. The van der Waals surface area contributed by atoms with Crippen molar-refractivity contribution in [2.45, 2.75) is 25.4 Å². The average Bonchev–Trinajstić information content (AvgIpc) is 3.29. The summed E-state index contributed by atoms with van der Waals surface area (Å²) in [4.78, 5) is 25.8. The van der Waals surface area contributed by atoms with Gasteiger partial charge in [0.25, 0.3) is 0 Å². The molecule has 1 amide bonds. The monoisotopic (exact) mass is 500 g/mol. The highest BCUT2D eigenvalue weighted by molar-refractivity contribution is 6.31. The van der Waals surface area contributed by atoms with Gasteiger partial charge in [-0.3, -0.25) is 9.69 Å². The second kappa shape index (κ2) is 11.2. The molecule has 1 saturated heterocycles. The average molecular weight is 501 g/mol. The molecule has 0 bridgehead atoms. The summed E-state index contributed by atoms with van der Waals surface area (Å²) in [5.74, 6) is 0.845. The first kappa shape index (κ1) is 25.1. The second-order valence-electron chi connectivity index (χ2n) is 8.88. The van der Waals surface area contributed by atoms with Gasteiger partial charge in [0.2, 0.25) is 5.91 Å². The van der Waals surface area contributed by atoms with Crippen LogP contribution in [0.4, 0.5) is 15.9 Å². The van der Waals surface area contributed by atoms with Crippen LogP contribution in [0.2, 0.25) is 5.02 Å². The van der Waals surface area contributed by atoms with Crippen LogP contribution in [0.1, 0.15) is 18.4 Å². The van der Waals surface area contributed by atoms with Gasteiger partial charge in [-0.15, -0.1) is 0 Å². The number of hydrogen-bond donors (Lipinski definition) is 2. The van der Waals surface area contributed by atoms with E-state index in [0.29, 0.717) is 35.9 Å². The smallest absolute Gasteiger partial charge is 0.237 e. The summed E-state index contributed by atoms with van der Waals surface area (Å²) in [6, 6.07) is 8.10. The Kier molecular flexibility index (Phi) is 8.00. The minimum Gasteiger partial charge on any atom is -0.496 e. The Balaban J connectivity index is 1.59. The zero-order valence-corrected chi connectivity index (χ0v) is 20.9. The maximum absolute atomic E-state index is 13.6.